The van der Waals surface area contributed by atoms with E-state index in [4.69, 9.17) is 5.73 Å². The first-order valence-corrected chi connectivity index (χ1v) is 5.62. The summed E-state index contributed by atoms with van der Waals surface area (Å²) in [4.78, 5) is 4.08. The van der Waals surface area contributed by atoms with Crippen molar-refractivity contribution in [3.63, 3.8) is 0 Å². The van der Waals surface area contributed by atoms with Gasteiger partial charge >= 0.3 is 0 Å². The number of rotatable bonds is 2. The summed E-state index contributed by atoms with van der Waals surface area (Å²) in [7, 11) is 0. The molecule has 0 atom stereocenters. The Hall–Kier alpha value is -1.90. The molecule has 0 radical (unpaired) electrons. The van der Waals surface area contributed by atoms with Crippen LogP contribution in [0.15, 0.2) is 30.6 Å². The van der Waals surface area contributed by atoms with E-state index >= 15 is 0 Å². The zero-order valence-electron chi connectivity index (χ0n) is 10.00. The lowest BCUT2D eigenvalue weighted by Gasteiger charge is -2.11. The average Bonchev–Trinajstić information content (AvgIpc) is 2.32. The van der Waals surface area contributed by atoms with Crippen molar-refractivity contribution in [2.45, 2.75) is 20.3 Å². The van der Waals surface area contributed by atoms with E-state index in [2.05, 4.69) is 11.9 Å². The molecule has 1 heterocycles. The van der Waals surface area contributed by atoms with E-state index < -0.39 is 0 Å². The first-order chi connectivity index (χ1) is 8.13. The fraction of sp³-hybridized carbons (Fsp3) is 0.214. The highest BCUT2D eigenvalue weighted by atomic mass is 19.1. The van der Waals surface area contributed by atoms with Gasteiger partial charge in [0.15, 0.2) is 0 Å². The van der Waals surface area contributed by atoms with E-state index in [1.807, 2.05) is 12.3 Å². The lowest BCUT2D eigenvalue weighted by Crippen LogP contribution is -1.97. The third-order valence-electron chi connectivity index (χ3n) is 2.88. The number of halogens is 1. The maximum absolute atomic E-state index is 13.3. The number of nitrogens with zero attached hydrogens (tertiary/aromatic N) is 1. The molecule has 2 aromatic rings. The van der Waals surface area contributed by atoms with E-state index in [0.717, 1.165) is 23.1 Å². The molecule has 17 heavy (non-hydrogen) atoms. The minimum atomic E-state index is -0.195. The molecule has 2 N–H and O–H groups in total. The standard InChI is InChI=1S/C14H15FN2/c1-3-10-7-17-8-13(16)14(10)11-4-5-12(15)9(2)6-11/h4-8H,3,16H2,1-2H3. The highest BCUT2D eigenvalue weighted by molar-refractivity contribution is 5.78. The van der Waals surface area contributed by atoms with Crippen LogP contribution in [0.4, 0.5) is 10.1 Å². The van der Waals surface area contributed by atoms with E-state index in [0.29, 0.717) is 11.3 Å². The van der Waals surface area contributed by atoms with Crippen molar-refractivity contribution in [2.75, 3.05) is 5.73 Å². The second-order valence-corrected chi connectivity index (χ2v) is 4.08. The lowest BCUT2D eigenvalue weighted by molar-refractivity contribution is 0.619. The zero-order chi connectivity index (χ0) is 12.4. The Morgan fingerprint density at radius 3 is 2.71 bits per heavy atom. The van der Waals surface area contributed by atoms with E-state index in [1.165, 1.54) is 6.07 Å². The fourth-order valence-corrected chi connectivity index (χ4v) is 1.94. The lowest BCUT2D eigenvalue weighted by atomic mass is 9.97. The van der Waals surface area contributed by atoms with Crippen LogP contribution in [0, 0.1) is 12.7 Å². The maximum atomic E-state index is 13.3. The van der Waals surface area contributed by atoms with Crippen molar-refractivity contribution < 1.29 is 4.39 Å². The minimum Gasteiger partial charge on any atom is -0.397 e. The average molecular weight is 230 g/mol. The van der Waals surface area contributed by atoms with Crippen LogP contribution in [0.5, 0.6) is 0 Å². The second kappa shape index (κ2) is 4.53. The molecule has 0 aliphatic rings. The van der Waals surface area contributed by atoms with Crippen molar-refractivity contribution >= 4 is 5.69 Å². The molecule has 2 rings (SSSR count). The first kappa shape index (κ1) is 11.6. The minimum absolute atomic E-state index is 0.195. The number of pyridine rings is 1. The molecular formula is C14H15FN2. The Morgan fingerprint density at radius 1 is 1.29 bits per heavy atom. The van der Waals surface area contributed by atoms with Gasteiger partial charge in [-0.1, -0.05) is 13.0 Å². The van der Waals surface area contributed by atoms with E-state index in [9.17, 15) is 4.39 Å². The van der Waals surface area contributed by atoms with Crippen LogP contribution in [0.25, 0.3) is 11.1 Å². The summed E-state index contributed by atoms with van der Waals surface area (Å²) < 4.78 is 13.3. The first-order valence-electron chi connectivity index (χ1n) is 5.62. The molecule has 0 saturated carbocycles. The van der Waals surface area contributed by atoms with Gasteiger partial charge in [0, 0.05) is 11.8 Å². The van der Waals surface area contributed by atoms with Crippen LogP contribution in [-0.2, 0) is 6.42 Å². The SMILES string of the molecule is CCc1cncc(N)c1-c1ccc(F)c(C)c1. The number of anilines is 1. The highest BCUT2D eigenvalue weighted by Crippen LogP contribution is 2.30. The summed E-state index contributed by atoms with van der Waals surface area (Å²) in [6.07, 6.45) is 4.29. The Labute approximate surface area is 100 Å². The van der Waals surface area contributed by atoms with Crippen LogP contribution in [-0.4, -0.2) is 4.98 Å². The van der Waals surface area contributed by atoms with Crippen molar-refractivity contribution in [2.24, 2.45) is 0 Å². The summed E-state index contributed by atoms with van der Waals surface area (Å²) in [5, 5.41) is 0. The highest BCUT2D eigenvalue weighted by Gasteiger charge is 2.09. The van der Waals surface area contributed by atoms with Crippen LogP contribution in [0.3, 0.4) is 0 Å². The molecule has 0 unspecified atom stereocenters. The summed E-state index contributed by atoms with van der Waals surface area (Å²) in [6.45, 7) is 3.80. The van der Waals surface area contributed by atoms with Gasteiger partial charge in [0.1, 0.15) is 5.82 Å². The van der Waals surface area contributed by atoms with Gasteiger partial charge in [-0.3, -0.25) is 4.98 Å². The van der Waals surface area contributed by atoms with Crippen LogP contribution in [0.2, 0.25) is 0 Å². The molecule has 3 heteroatoms. The van der Waals surface area contributed by atoms with Gasteiger partial charge in [0.05, 0.1) is 11.9 Å². The molecule has 1 aromatic heterocycles. The number of aromatic nitrogens is 1. The molecule has 0 spiro atoms. The maximum Gasteiger partial charge on any atom is 0.126 e. The van der Waals surface area contributed by atoms with Gasteiger partial charge in [0.2, 0.25) is 0 Å². The normalized spacial score (nSPS) is 10.5. The topological polar surface area (TPSA) is 38.9 Å². The zero-order valence-corrected chi connectivity index (χ0v) is 10.00. The van der Waals surface area contributed by atoms with Crippen LogP contribution < -0.4 is 5.73 Å². The smallest absolute Gasteiger partial charge is 0.126 e. The Balaban J connectivity index is 2.63. The van der Waals surface area contributed by atoms with E-state index in [-0.39, 0.29) is 5.82 Å². The number of hydrogen-bond donors (Lipinski definition) is 1. The van der Waals surface area contributed by atoms with Crippen LogP contribution >= 0.6 is 0 Å². The quantitative estimate of drug-likeness (QED) is 0.859. The van der Waals surface area contributed by atoms with Crippen molar-refractivity contribution in [1.82, 2.24) is 4.98 Å². The molecule has 88 valence electrons. The summed E-state index contributed by atoms with van der Waals surface area (Å²) in [5.74, 6) is -0.195. The molecule has 0 fully saturated rings. The fourth-order valence-electron chi connectivity index (χ4n) is 1.94. The van der Waals surface area contributed by atoms with Gasteiger partial charge < -0.3 is 5.73 Å². The van der Waals surface area contributed by atoms with Gasteiger partial charge in [0.25, 0.3) is 0 Å². The monoisotopic (exact) mass is 230 g/mol. The third kappa shape index (κ3) is 2.13. The Morgan fingerprint density at radius 2 is 2.06 bits per heavy atom. The summed E-state index contributed by atoms with van der Waals surface area (Å²) >= 11 is 0. The molecule has 0 aliphatic carbocycles. The molecule has 0 amide bonds. The summed E-state index contributed by atoms with van der Waals surface area (Å²) in [5.41, 5.74) is 10.2. The molecule has 1 aromatic carbocycles. The molecular weight excluding hydrogens is 215 g/mol. The van der Waals surface area contributed by atoms with Crippen LogP contribution in [0.1, 0.15) is 18.1 Å². The van der Waals surface area contributed by atoms with Gasteiger partial charge in [-0.25, -0.2) is 4.39 Å². The predicted molar refractivity (Wildman–Crippen MR) is 68.2 cm³/mol. The van der Waals surface area contributed by atoms with Crippen molar-refractivity contribution in [3.05, 3.63) is 47.5 Å². The summed E-state index contributed by atoms with van der Waals surface area (Å²) in [6, 6.07) is 5.05. The number of benzene rings is 1. The largest absolute Gasteiger partial charge is 0.397 e. The van der Waals surface area contributed by atoms with Crippen molar-refractivity contribution in [3.8, 4) is 11.1 Å². The number of nitrogens with two attached hydrogens (primary N) is 1. The van der Waals surface area contributed by atoms with Crippen molar-refractivity contribution in [1.29, 1.82) is 0 Å². The molecule has 0 bridgehead atoms. The van der Waals surface area contributed by atoms with E-state index in [1.54, 1.807) is 19.2 Å². The Kier molecular flexibility index (Phi) is 3.09. The van der Waals surface area contributed by atoms with Gasteiger partial charge in [-0.15, -0.1) is 0 Å². The Bertz CT molecular complexity index is 550. The number of hydrogen-bond acceptors (Lipinski definition) is 2. The van der Waals surface area contributed by atoms with Gasteiger partial charge in [-0.2, -0.15) is 0 Å². The third-order valence-corrected chi connectivity index (χ3v) is 2.88. The molecule has 0 saturated heterocycles. The second-order valence-electron chi connectivity index (χ2n) is 4.08. The molecule has 0 aliphatic heterocycles. The number of aryl methyl sites for hydroxylation is 2. The van der Waals surface area contributed by atoms with Gasteiger partial charge in [-0.05, 0) is 42.2 Å². The predicted octanol–water partition coefficient (Wildman–Crippen LogP) is 3.34. The molecule has 2 nitrogen and oxygen atoms in total. The number of nitrogen functional groups attached to an aromatic ring is 1.